The summed E-state index contributed by atoms with van der Waals surface area (Å²) < 4.78 is 40.0. The number of thiocarbonyl (C=S) groups is 1. The predicted octanol–water partition coefficient (Wildman–Crippen LogP) is 5.00. The molecule has 0 atom stereocenters. The molecule has 4 heterocycles. The molecule has 202 valence electrons. The molecular weight excluding hydrogens is 511 g/mol. The highest BCUT2D eigenvalue weighted by atomic mass is 32.1. The molecule has 3 N–H and O–H groups in total. The molecule has 1 aromatic heterocycles. The number of nitrogens with one attached hydrogen (secondary N) is 3. The number of anilines is 2. The lowest BCUT2D eigenvalue weighted by atomic mass is 9.96. The van der Waals surface area contributed by atoms with Gasteiger partial charge < -0.3 is 25.8 Å². The van der Waals surface area contributed by atoms with Gasteiger partial charge in [-0.05, 0) is 71.1 Å². The molecule has 11 heteroatoms. The van der Waals surface area contributed by atoms with Crippen LogP contribution >= 0.6 is 12.2 Å². The smallest absolute Gasteiger partial charge is 0.361 e. The van der Waals surface area contributed by atoms with Gasteiger partial charge in [0.05, 0.1) is 21.8 Å². The number of dihydropyridines is 1. The number of fused-ring (bicyclic) bond motifs is 3. The van der Waals surface area contributed by atoms with Crippen molar-refractivity contribution in [3.05, 3.63) is 59.2 Å². The average molecular weight is 544 g/mol. The number of hydrogen-bond donors (Lipinski definition) is 3. The van der Waals surface area contributed by atoms with E-state index in [1.54, 1.807) is 6.20 Å². The van der Waals surface area contributed by atoms with Gasteiger partial charge in [0, 0.05) is 48.2 Å². The van der Waals surface area contributed by atoms with Crippen LogP contribution in [0.5, 0.6) is 0 Å². The summed E-state index contributed by atoms with van der Waals surface area (Å²) in [4.78, 5) is 14.3. The van der Waals surface area contributed by atoms with Crippen LogP contribution in [0.25, 0.3) is 11.3 Å². The summed E-state index contributed by atoms with van der Waals surface area (Å²) in [6.07, 6.45) is 3.91. The summed E-state index contributed by atoms with van der Waals surface area (Å²) in [5.74, 6) is 1.43. The van der Waals surface area contributed by atoms with Gasteiger partial charge in [0.1, 0.15) is 5.82 Å². The number of allylic oxidation sites excluding steroid dienone is 2. The van der Waals surface area contributed by atoms with Crippen LogP contribution in [0.15, 0.2) is 48.1 Å². The molecule has 2 aromatic rings. The molecule has 0 amide bonds. The fourth-order valence-corrected chi connectivity index (χ4v) is 5.40. The Bertz CT molecular complexity index is 1310. The van der Waals surface area contributed by atoms with E-state index in [0.29, 0.717) is 34.7 Å². The lowest BCUT2D eigenvalue weighted by molar-refractivity contribution is -0.137. The maximum absolute atomic E-state index is 13.3. The van der Waals surface area contributed by atoms with Gasteiger partial charge >= 0.3 is 6.18 Å². The van der Waals surface area contributed by atoms with Crippen LogP contribution in [0.1, 0.15) is 37.8 Å². The largest absolute Gasteiger partial charge is 0.416 e. The summed E-state index contributed by atoms with van der Waals surface area (Å²) in [5, 5.41) is 9.92. The number of hydrogen-bond acceptors (Lipinski definition) is 7. The molecule has 3 aliphatic heterocycles. The zero-order valence-electron chi connectivity index (χ0n) is 21.9. The van der Waals surface area contributed by atoms with Crippen LogP contribution in [0.3, 0.4) is 0 Å². The number of benzene rings is 1. The van der Waals surface area contributed by atoms with E-state index < -0.39 is 17.3 Å². The second kappa shape index (κ2) is 9.85. The van der Waals surface area contributed by atoms with Crippen LogP contribution in [0.4, 0.5) is 24.8 Å². The number of halogens is 3. The molecule has 0 unspecified atom stereocenters. The van der Waals surface area contributed by atoms with Crippen molar-refractivity contribution in [3.8, 4) is 11.3 Å². The molecule has 1 aromatic carbocycles. The van der Waals surface area contributed by atoms with Gasteiger partial charge in [0.15, 0.2) is 0 Å². The van der Waals surface area contributed by atoms with Gasteiger partial charge in [-0.25, -0.2) is 9.97 Å². The van der Waals surface area contributed by atoms with Gasteiger partial charge in [0.2, 0.25) is 5.95 Å². The van der Waals surface area contributed by atoms with Gasteiger partial charge in [0.25, 0.3) is 0 Å². The van der Waals surface area contributed by atoms with Gasteiger partial charge in [-0.15, -0.1) is 0 Å². The summed E-state index contributed by atoms with van der Waals surface area (Å²) >= 11 is 5.37. The third kappa shape index (κ3) is 5.35. The number of rotatable bonds is 4. The number of piperidine rings is 1. The quantitative estimate of drug-likeness (QED) is 0.466. The Labute approximate surface area is 226 Å². The monoisotopic (exact) mass is 543 g/mol. The maximum atomic E-state index is 13.3. The van der Waals surface area contributed by atoms with E-state index in [2.05, 4.69) is 64.8 Å². The van der Waals surface area contributed by atoms with E-state index in [9.17, 15) is 13.2 Å². The first kappa shape index (κ1) is 26.4. The predicted molar refractivity (Wildman–Crippen MR) is 148 cm³/mol. The first-order chi connectivity index (χ1) is 17.9. The first-order valence-electron chi connectivity index (χ1n) is 12.7. The van der Waals surface area contributed by atoms with Gasteiger partial charge in [-0.2, -0.15) is 13.2 Å². The highest BCUT2D eigenvalue weighted by Gasteiger charge is 2.33. The fraction of sp³-hybridized carbons (Fsp3) is 0.444. The van der Waals surface area contributed by atoms with Crippen molar-refractivity contribution in [1.29, 1.82) is 0 Å². The molecule has 0 radical (unpaired) electrons. The number of alkyl halides is 3. The molecule has 3 aliphatic rings. The lowest BCUT2D eigenvalue weighted by Crippen LogP contribution is -2.51. The Kier molecular flexibility index (Phi) is 6.85. The molecule has 5 rings (SSSR count). The minimum Gasteiger partial charge on any atom is -0.361 e. The van der Waals surface area contributed by atoms with Crippen LogP contribution < -0.4 is 16.0 Å². The average Bonchev–Trinajstić information content (AvgIpc) is 2.99. The number of likely N-dealkylation sites (tertiary alicyclic amines) is 1. The van der Waals surface area contributed by atoms with Crippen LogP contribution in [-0.2, 0) is 12.6 Å². The van der Waals surface area contributed by atoms with Gasteiger partial charge in [-0.3, -0.25) is 0 Å². The van der Waals surface area contributed by atoms with E-state index >= 15 is 0 Å². The minimum absolute atomic E-state index is 0.289. The van der Waals surface area contributed by atoms with Crippen molar-refractivity contribution in [1.82, 2.24) is 25.1 Å². The van der Waals surface area contributed by atoms with Crippen molar-refractivity contribution in [2.45, 2.75) is 50.9 Å². The molecule has 0 spiro atoms. The summed E-state index contributed by atoms with van der Waals surface area (Å²) in [5.41, 5.74) is 1.86. The zero-order chi connectivity index (χ0) is 27.2. The maximum Gasteiger partial charge on any atom is 0.416 e. The minimum atomic E-state index is -4.45. The zero-order valence-corrected chi connectivity index (χ0v) is 22.7. The molecule has 1 fully saturated rings. The number of nitrogens with zero attached hydrogens (tertiary/aromatic N) is 4. The summed E-state index contributed by atoms with van der Waals surface area (Å²) in [7, 11) is 4.29. The van der Waals surface area contributed by atoms with E-state index in [1.807, 2.05) is 6.08 Å². The third-order valence-corrected chi connectivity index (χ3v) is 7.72. The molecule has 7 nitrogen and oxygen atoms in total. The van der Waals surface area contributed by atoms with E-state index in [1.165, 1.54) is 6.07 Å². The number of aromatic nitrogens is 2. The normalized spacial score (nSPS) is 19.7. The molecule has 0 aliphatic carbocycles. The Balaban J connectivity index is 1.42. The van der Waals surface area contributed by atoms with Crippen LogP contribution in [0, 0.1) is 0 Å². The molecule has 0 saturated carbocycles. The Hall–Kier alpha value is -3.18. The Morgan fingerprint density at radius 1 is 1.18 bits per heavy atom. The Morgan fingerprint density at radius 2 is 1.92 bits per heavy atom. The highest BCUT2D eigenvalue weighted by Crippen LogP contribution is 2.38. The van der Waals surface area contributed by atoms with Crippen molar-refractivity contribution in [2.24, 2.45) is 0 Å². The van der Waals surface area contributed by atoms with Crippen LogP contribution in [-0.4, -0.2) is 63.5 Å². The second-order valence-electron chi connectivity index (χ2n) is 10.7. The molecule has 0 bridgehead atoms. The fourth-order valence-electron chi connectivity index (χ4n) is 5.13. The topological polar surface area (TPSA) is 68.3 Å². The van der Waals surface area contributed by atoms with E-state index in [0.717, 1.165) is 55.1 Å². The molecule has 38 heavy (non-hydrogen) atoms. The highest BCUT2D eigenvalue weighted by molar-refractivity contribution is 7.80. The van der Waals surface area contributed by atoms with Crippen molar-refractivity contribution >= 4 is 28.8 Å². The van der Waals surface area contributed by atoms with Gasteiger partial charge in [-0.1, -0.05) is 18.3 Å². The van der Waals surface area contributed by atoms with E-state index in [4.69, 9.17) is 17.2 Å². The summed E-state index contributed by atoms with van der Waals surface area (Å²) in [6, 6.07) is 4.07. The standard InChI is InChI=1S/C27H32F3N7S/c1-26(2)21(7-8-22(35-26)37(4)18-9-11-36(3)12-10-18)33-25-31-15-16-13-23(38)32-20-14-17(27(28,29)30)5-6-19(20)24(16)34-25/h5-8,14-15,18,35H,9-13H2,1-4H3,(H,32,38)(H,31,33,34). The van der Waals surface area contributed by atoms with E-state index in [-0.39, 0.29) is 5.69 Å². The second-order valence-corrected chi connectivity index (χ2v) is 11.2. The molecule has 1 saturated heterocycles. The molecular formula is C27H32F3N7S. The lowest BCUT2D eigenvalue weighted by Gasteiger charge is -2.42. The Morgan fingerprint density at radius 3 is 2.61 bits per heavy atom. The third-order valence-electron chi connectivity index (χ3n) is 7.48. The summed E-state index contributed by atoms with van der Waals surface area (Å²) in [6.45, 7) is 6.35. The SMILES string of the molecule is CN1CCC(N(C)C2=CC=C(Nc3ncc4c(n3)-c3ccc(C(F)(F)F)cc3NC(=S)C4)C(C)(C)N2)CC1. The van der Waals surface area contributed by atoms with Crippen LogP contribution in [0.2, 0.25) is 0 Å². The van der Waals surface area contributed by atoms with Crippen molar-refractivity contribution in [2.75, 3.05) is 37.8 Å². The van der Waals surface area contributed by atoms with Crippen molar-refractivity contribution in [3.63, 3.8) is 0 Å². The first-order valence-corrected chi connectivity index (χ1v) is 13.1. The van der Waals surface area contributed by atoms with Crippen molar-refractivity contribution < 1.29 is 13.2 Å².